The van der Waals surface area contributed by atoms with Crippen LogP contribution < -0.4 is 5.73 Å². The van der Waals surface area contributed by atoms with Crippen LogP contribution in [0.2, 0.25) is 0 Å². The number of nitrogens with zero attached hydrogens (tertiary/aromatic N) is 3. The van der Waals surface area contributed by atoms with E-state index in [0.29, 0.717) is 0 Å². The molecule has 3 N–H and O–H groups in total. The van der Waals surface area contributed by atoms with Gasteiger partial charge in [-0.1, -0.05) is 18.2 Å². The number of aromatic nitrogens is 3. The summed E-state index contributed by atoms with van der Waals surface area (Å²) in [6.45, 7) is 2.83. The van der Waals surface area contributed by atoms with Gasteiger partial charge in [-0.05, 0) is 30.9 Å². The lowest BCUT2D eigenvalue weighted by Crippen LogP contribution is -2.16. The second-order valence-corrected chi connectivity index (χ2v) is 5.69. The summed E-state index contributed by atoms with van der Waals surface area (Å²) in [5, 5.41) is 10.9. The number of nitrogens with two attached hydrogens (primary N) is 1. The summed E-state index contributed by atoms with van der Waals surface area (Å²) in [5.41, 5.74) is 7.81. The molecule has 0 aliphatic heterocycles. The predicted octanol–water partition coefficient (Wildman–Crippen LogP) is 1.87. The Kier molecular flexibility index (Phi) is 4.16. The van der Waals surface area contributed by atoms with Gasteiger partial charge in [0, 0.05) is 24.0 Å². The van der Waals surface area contributed by atoms with Gasteiger partial charge < -0.3 is 20.0 Å². The Balaban J connectivity index is 1.79. The normalized spacial score (nSPS) is 12.6. The molecule has 0 fully saturated rings. The van der Waals surface area contributed by atoms with Gasteiger partial charge in [-0.3, -0.25) is 4.79 Å². The smallest absolute Gasteiger partial charge is 0.268 e. The van der Waals surface area contributed by atoms with Crippen molar-refractivity contribution in [2.24, 2.45) is 5.73 Å². The molecule has 1 atom stereocenters. The van der Waals surface area contributed by atoms with Crippen LogP contribution in [-0.2, 0) is 6.54 Å². The number of hydrogen-bond acceptors (Lipinski definition) is 3. The first-order chi connectivity index (χ1) is 11.1. The van der Waals surface area contributed by atoms with Crippen LogP contribution in [0.25, 0.3) is 10.9 Å². The van der Waals surface area contributed by atoms with Crippen molar-refractivity contribution < 1.29 is 9.90 Å². The van der Waals surface area contributed by atoms with Crippen LogP contribution in [0.4, 0.5) is 0 Å². The molecule has 0 spiro atoms. The molecule has 0 saturated carbocycles. The number of aliphatic hydroxyl groups excluding tert-OH is 1. The molecule has 6 nitrogen and oxygen atoms in total. The first kappa shape index (κ1) is 15.3. The Labute approximate surface area is 134 Å². The summed E-state index contributed by atoms with van der Waals surface area (Å²) in [5.74, 6) is -0.562. The van der Waals surface area contributed by atoms with Crippen LogP contribution in [0, 0.1) is 6.92 Å². The maximum absolute atomic E-state index is 11.1. The highest BCUT2D eigenvalue weighted by molar-refractivity contribution is 5.90. The van der Waals surface area contributed by atoms with Crippen LogP contribution in [0.1, 0.15) is 28.6 Å². The van der Waals surface area contributed by atoms with E-state index in [1.54, 1.807) is 17.1 Å². The van der Waals surface area contributed by atoms with E-state index >= 15 is 0 Å². The van der Waals surface area contributed by atoms with Crippen LogP contribution in [0.3, 0.4) is 0 Å². The van der Waals surface area contributed by atoms with Gasteiger partial charge in [0.1, 0.15) is 5.69 Å². The van der Waals surface area contributed by atoms with Crippen molar-refractivity contribution in [2.75, 3.05) is 6.61 Å². The lowest BCUT2D eigenvalue weighted by atomic mass is 10.2. The molecule has 2 aromatic heterocycles. The SMILES string of the molecule is Cc1cc2ccccc2n1CC[C@H](CO)n1cnc(C(N)=O)c1. The number of carbonyl (C=O) groups is 1. The maximum Gasteiger partial charge on any atom is 0.268 e. The molecule has 23 heavy (non-hydrogen) atoms. The van der Waals surface area contributed by atoms with E-state index in [0.717, 1.165) is 13.0 Å². The molecular formula is C17H20N4O2. The number of hydrogen-bond donors (Lipinski definition) is 2. The number of aliphatic hydroxyl groups is 1. The van der Waals surface area contributed by atoms with Crippen molar-refractivity contribution in [1.82, 2.24) is 14.1 Å². The topological polar surface area (TPSA) is 86.1 Å². The van der Waals surface area contributed by atoms with Gasteiger partial charge in [-0.25, -0.2) is 4.98 Å². The molecule has 3 rings (SSSR count). The van der Waals surface area contributed by atoms with Crippen LogP contribution in [0.15, 0.2) is 42.9 Å². The molecule has 6 heteroatoms. The molecule has 0 aliphatic carbocycles. The van der Waals surface area contributed by atoms with E-state index < -0.39 is 5.91 Å². The van der Waals surface area contributed by atoms with Gasteiger partial charge in [0.05, 0.1) is 19.0 Å². The van der Waals surface area contributed by atoms with Gasteiger partial charge in [0.15, 0.2) is 0 Å². The van der Waals surface area contributed by atoms with Crippen LogP contribution >= 0.6 is 0 Å². The number of benzene rings is 1. The Hall–Kier alpha value is -2.60. The van der Waals surface area contributed by atoms with E-state index in [2.05, 4.69) is 34.7 Å². The van der Waals surface area contributed by atoms with E-state index in [1.807, 2.05) is 12.1 Å². The highest BCUT2D eigenvalue weighted by Crippen LogP contribution is 2.21. The summed E-state index contributed by atoms with van der Waals surface area (Å²) >= 11 is 0. The highest BCUT2D eigenvalue weighted by atomic mass is 16.3. The molecule has 0 bridgehead atoms. The second-order valence-electron chi connectivity index (χ2n) is 5.69. The average molecular weight is 312 g/mol. The minimum atomic E-state index is -0.562. The molecular weight excluding hydrogens is 292 g/mol. The maximum atomic E-state index is 11.1. The van der Waals surface area contributed by atoms with E-state index in [1.165, 1.54) is 16.6 Å². The lowest BCUT2D eigenvalue weighted by molar-refractivity contribution is 0.0995. The third kappa shape index (κ3) is 2.98. The van der Waals surface area contributed by atoms with Crippen LogP contribution in [-0.4, -0.2) is 31.7 Å². The van der Waals surface area contributed by atoms with Crippen molar-refractivity contribution in [2.45, 2.75) is 25.9 Å². The Morgan fingerprint density at radius 3 is 2.87 bits per heavy atom. The third-order valence-electron chi connectivity index (χ3n) is 4.19. The largest absolute Gasteiger partial charge is 0.394 e. The number of carbonyl (C=O) groups excluding carboxylic acids is 1. The number of rotatable bonds is 6. The fraction of sp³-hybridized carbons (Fsp3) is 0.294. The molecule has 0 unspecified atom stereocenters. The number of imidazole rings is 1. The molecule has 1 aromatic carbocycles. The summed E-state index contributed by atoms with van der Waals surface area (Å²) in [6.07, 6.45) is 3.86. The van der Waals surface area contributed by atoms with E-state index in [4.69, 9.17) is 5.73 Å². The molecule has 1 amide bonds. The predicted molar refractivity (Wildman–Crippen MR) is 88.2 cm³/mol. The summed E-state index contributed by atoms with van der Waals surface area (Å²) in [7, 11) is 0. The summed E-state index contributed by atoms with van der Waals surface area (Å²) in [4.78, 5) is 15.1. The Morgan fingerprint density at radius 2 is 2.17 bits per heavy atom. The van der Waals surface area contributed by atoms with Crippen molar-refractivity contribution in [3.8, 4) is 0 Å². The zero-order valence-corrected chi connectivity index (χ0v) is 13.0. The first-order valence-corrected chi connectivity index (χ1v) is 7.59. The zero-order valence-electron chi connectivity index (χ0n) is 13.0. The fourth-order valence-electron chi connectivity index (χ4n) is 2.92. The molecule has 120 valence electrons. The van der Waals surface area contributed by atoms with Crippen molar-refractivity contribution in [1.29, 1.82) is 0 Å². The number of amides is 1. The number of aryl methyl sites for hydroxylation is 2. The van der Waals surface area contributed by atoms with Gasteiger partial charge in [0.2, 0.25) is 0 Å². The molecule has 0 saturated heterocycles. The number of para-hydroxylation sites is 1. The number of primary amides is 1. The lowest BCUT2D eigenvalue weighted by Gasteiger charge is -2.17. The molecule has 0 aliphatic rings. The average Bonchev–Trinajstić information content (AvgIpc) is 3.13. The second kappa shape index (κ2) is 6.26. The van der Waals surface area contributed by atoms with Gasteiger partial charge in [-0.15, -0.1) is 0 Å². The Bertz CT molecular complexity index is 834. The van der Waals surface area contributed by atoms with Gasteiger partial charge in [-0.2, -0.15) is 0 Å². The van der Waals surface area contributed by atoms with E-state index in [9.17, 15) is 9.90 Å². The van der Waals surface area contributed by atoms with Gasteiger partial charge >= 0.3 is 0 Å². The highest BCUT2D eigenvalue weighted by Gasteiger charge is 2.14. The monoisotopic (exact) mass is 312 g/mol. The number of fused-ring (bicyclic) bond motifs is 1. The molecule has 2 heterocycles. The molecule has 0 radical (unpaired) electrons. The summed E-state index contributed by atoms with van der Waals surface area (Å²) in [6, 6.07) is 10.3. The third-order valence-corrected chi connectivity index (χ3v) is 4.19. The summed E-state index contributed by atoms with van der Waals surface area (Å²) < 4.78 is 3.99. The standard InChI is InChI=1S/C17H20N4O2/c1-12-8-13-4-2-3-5-16(13)21(12)7-6-14(10-22)20-9-15(17(18)23)19-11-20/h2-5,8-9,11,14,22H,6-7,10H2,1H3,(H2,18,23)/t14-/m1/s1. The fourth-order valence-corrected chi connectivity index (χ4v) is 2.92. The minimum Gasteiger partial charge on any atom is -0.394 e. The van der Waals surface area contributed by atoms with Gasteiger partial charge in [0.25, 0.3) is 5.91 Å². The van der Waals surface area contributed by atoms with Crippen LogP contribution in [0.5, 0.6) is 0 Å². The van der Waals surface area contributed by atoms with Crippen molar-refractivity contribution in [3.05, 3.63) is 54.2 Å². The van der Waals surface area contributed by atoms with Crippen molar-refractivity contribution in [3.63, 3.8) is 0 Å². The zero-order chi connectivity index (χ0) is 16.4. The first-order valence-electron chi connectivity index (χ1n) is 7.59. The minimum absolute atomic E-state index is 0.0210. The van der Waals surface area contributed by atoms with Crippen molar-refractivity contribution >= 4 is 16.8 Å². The van der Waals surface area contributed by atoms with E-state index in [-0.39, 0.29) is 18.3 Å². The molecule has 3 aromatic rings. The Morgan fingerprint density at radius 1 is 1.39 bits per heavy atom. The quantitative estimate of drug-likeness (QED) is 0.728.